The molecule has 24 heavy (non-hydrogen) atoms. The highest BCUT2D eigenvalue weighted by molar-refractivity contribution is 6.07. The number of urea groups is 1. The number of imide groups is 1. The first-order valence-corrected chi connectivity index (χ1v) is 8.14. The van der Waals surface area contributed by atoms with E-state index < -0.39 is 17.6 Å². The van der Waals surface area contributed by atoms with Gasteiger partial charge in [-0.25, -0.2) is 4.79 Å². The molecule has 2 unspecified atom stereocenters. The number of carbonyl (C=O) groups is 3. The lowest BCUT2D eigenvalue weighted by molar-refractivity contribution is -0.135. The predicted octanol–water partition coefficient (Wildman–Crippen LogP) is 0.523. The second-order valence-corrected chi connectivity index (χ2v) is 6.60. The molecule has 1 aromatic rings. The molecule has 4 amide bonds. The van der Waals surface area contributed by atoms with Gasteiger partial charge in [-0.3, -0.25) is 14.9 Å². The van der Waals surface area contributed by atoms with Crippen molar-refractivity contribution >= 4 is 17.8 Å². The van der Waals surface area contributed by atoms with Crippen LogP contribution in [0.3, 0.4) is 0 Å². The molecule has 0 spiro atoms. The first-order valence-electron chi connectivity index (χ1n) is 8.14. The van der Waals surface area contributed by atoms with Crippen LogP contribution in [0.2, 0.25) is 0 Å². The Balaban J connectivity index is 1.62. The Kier molecular flexibility index (Phi) is 4.28. The molecule has 2 fully saturated rings. The van der Waals surface area contributed by atoms with Crippen LogP contribution in [-0.2, 0) is 9.59 Å². The molecule has 2 saturated heterocycles. The lowest BCUT2D eigenvalue weighted by Gasteiger charge is -2.39. The summed E-state index contributed by atoms with van der Waals surface area (Å²) in [5.74, 6) is -0.399. The summed E-state index contributed by atoms with van der Waals surface area (Å²) in [4.78, 5) is 37.7. The largest absolute Gasteiger partial charge is 0.341 e. The Bertz CT molecular complexity index is 655. The van der Waals surface area contributed by atoms with Crippen molar-refractivity contribution in [1.29, 1.82) is 0 Å². The van der Waals surface area contributed by atoms with E-state index in [2.05, 4.69) is 10.6 Å². The number of carbonyl (C=O) groups excluding carboxylic acids is 3. The Morgan fingerprint density at radius 2 is 1.88 bits per heavy atom. The molecule has 7 nitrogen and oxygen atoms in total. The first kappa shape index (κ1) is 16.4. The summed E-state index contributed by atoms with van der Waals surface area (Å²) in [6.07, 6.45) is 1.30. The fraction of sp³-hybridized carbons (Fsp3) is 0.471. The quantitative estimate of drug-likeness (QED) is 0.703. The molecule has 7 heteroatoms. The Hall–Kier alpha value is -2.41. The summed E-state index contributed by atoms with van der Waals surface area (Å²) >= 11 is 0. The van der Waals surface area contributed by atoms with Crippen molar-refractivity contribution in [2.45, 2.75) is 31.3 Å². The number of likely N-dealkylation sites (tertiary alicyclic amines) is 1. The summed E-state index contributed by atoms with van der Waals surface area (Å²) in [6, 6.07) is 8.16. The molecule has 128 valence electrons. The van der Waals surface area contributed by atoms with E-state index in [9.17, 15) is 14.4 Å². The molecular weight excluding hydrogens is 308 g/mol. The molecule has 0 radical (unpaired) electrons. The van der Waals surface area contributed by atoms with Crippen LogP contribution in [-0.4, -0.2) is 41.4 Å². The van der Waals surface area contributed by atoms with Crippen molar-refractivity contribution in [3.63, 3.8) is 0 Å². The topological polar surface area (TPSA) is 105 Å². The Labute approximate surface area is 140 Å². The highest BCUT2D eigenvalue weighted by atomic mass is 16.2. The highest BCUT2D eigenvalue weighted by Crippen LogP contribution is 2.31. The third kappa shape index (κ3) is 2.87. The van der Waals surface area contributed by atoms with Gasteiger partial charge in [-0.2, -0.15) is 0 Å². The molecule has 3 rings (SSSR count). The van der Waals surface area contributed by atoms with Crippen LogP contribution >= 0.6 is 0 Å². The van der Waals surface area contributed by atoms with Crippen molar-refractivity contribution in [1.82, 2.24) is 15.5 Å². The second-order valence-electron chi connectivity index (χ2n) is 6.60. The highest BCUT2D eigenvalue weighted by Gasteiger charge is 2.48. The average molecular weight is 330 g/mol. The zero-order valence-electron chi connectivity index (χ0n) is 13.6. The van der Waals surface area contributed by atoms with E-state index in [1.54, 1.807) is 11.8 Å². The van der Waals surface area contributed by atoms with Gasteiger partial charge in [-0.15, -0.1) is 0 Å². The molecule has 1 aromatic carbocycles. The molecule has 2 atom stereocenters. The molecule has 0 aliphatic carbocycles. The number of hydrogen-bond donors (Lipinski definition) is 3. The third-order valence-corrected chi connectivity index (χ3v) is 5.12. The van der Waals surface area contributed by atoms with Crippen LogP contribution in [0, 0.1) is 5.92 Å². The molecule has 2 aliphatic heterocycles. The van der Waals surface area contributed by atoms with Gasteiger partial charge in [0.2, 0.25) is 5.91 Å². The molecule has 2 heterocycles. The number of nitrogens with one attached hydrogen (secondary N) is 2. The second kappa shape index (κ2) is 6.24. The van der Waals surface area contributed by atoms with E-state index in [1.807, 2.05) is 30.3 Å². The number of amides is 4. The van der Waals surface area contributed by atoms with Gasteiger partial charge in [0.15, 0.2) is 0 Å². The predicted molar refractivity (Wildman–Crippen MR) is 87.8 cm³/mol. The summed E-state index contributed by atoms with van der Waals surface area (Å²) < 4.78 is 0. The first-order chi connectivity index (χ1) is 11.4. The number of nitrogens with zero attached hydrogens (tertiary/aromatic N) is 1. The number of nitrogens with two attached hydrogens (primary N) is 1. The number of benzene rings is 1. The zero-order chi connectivity index (χ0) is 17.3. The van der Waals surface area contributed by atoms with Crippen LogP contribution < -0.4 is 16.4 Å². The summed E-state index contributed by atoms with van der Waals surface area (Å²) in [7, 11) is 0. The van der Waals surface area contributed by atoms with Gasteiger partial charge in [0.25, 0.3) is 5.91 Å². The minimum absolute atomic E-state index is 0.000879. The maximum Gasteiger partial charge on any atom is 0.322 e. The van der Waals surface area contributed by atoms with Crippen molar-refractivity contribution < 1.29 is 14.4 Å². The van der Waals surface area contributed by atoms with E-state index >= 15 is 0 Å². The van der Waals surface area contributed by atoms with Crippen LogP contribution in [0.5, 0.6) is 0 Å². The van der Waals surface area contributed by atoms with Crippen LogP contribution in [0.4, 0.5) is 4.79 Å². The Morgan fingerprint density at radius 3 is 2.42 bits per heavy atom. The molecule has 0 bridgehead atoms. The van der Waals surface area contributed by atoms with Gasteiger partial charge < -0.3 is 16.0 Å². The molecule has 0 aromatic heterocycles. The van der Waals surface area contributed by atoms with E-state index in [1.165, 1.54) is 0 Å². The standard InChI is InChI=1S/C17H22N4O3/c1-17(15(23)19-16(24)20-17)12-7-9-21(10-8-12)14(22)13(18)11-5-3-2-4-6-11/h2-6,12-13H,7-10,18H2,1H3,(H2,19,20,23,24). The van der Waals surface area contributed by atoms with E-state index in [0.717, 1.165) is 5.56 Å². The fourth-order valence-corrected chi connectivity index (χ4v) is 3.52. The zero-order valence-corrected chi connectivity index (χ0v) is 13.6. The average Bonchev–Trinajstić information content (AvgIpc) is 2.87. The lowest BCUT2D eigenvalue weighted by Crippen LogP contribution is -2.55. The molecule has 2 aliphatic rings. The normalized spacial score (nSPS) is 26.0. The third-order valence-electron chi connectivity index (χ3n) is 5.12. The smallest absolute Gasteiger partial charge is 0.322 e. The summed E-state index contributed by atoms with van der Waals surface area (Å²) in [5.41, 5.74) is 5.98. The van der Waals surface area contributed by atoms with Gasteiger partial charge in [0.1, 0.15) is 11.6 Å². The number of piperidine rings is 1. The van der Waals surface area contributed by atoms with Crippen molar-refractivity contribution in [3.05, 3.63) is 35.9 Å². The summed E-state index contributed by atoms with van der Waals surface area (Å²) in [5, 5.41) is 5.00. The number of hydrogen-bond acceptors (Lipinski definition) is 4. The minimum atomic E-state index is -0.895. The Morgan fingerprint density at radius 1 is 1.25 bits per heavy atom. The molecule has 4 N–H and O–H groups in total. The van der Waals surface area contributed by atoms with Crippen molar-refractivity contribution in [2.24, 2.45) is 11.7 Å². The van der Waals surface area contributed by atoms with Gasteiger partial charge in [0.05, 0.1) is 0 Å². The van der Waals surface area contributed by atoms with Gasteiger partial charge >= 0.3 is 6.03 Å². The van der Waals surface area contributed by atoms with E-state index in [-0.39, 0.29) is 17.7 Å². The van der Waals surface area contributed by atoms with Crippen molar-refractivity contribution in [2.75, 3.05) is 13.1 Å². The molecule has 0 saturated carbocycles. The minimum Gasteiger partial charge on any atom is -0.341 e. The van der Waals surface area contributed by atoms with E-state index in [4.69, 9.17) is 5.73 Å². The lowest BCUT2D eigenvalue weighted by atomic mass is 9.79. The summed E-state index contributed by atoms with van der Waals surface area (Å²) in [6.45, 7) is 2.80. The SMILES string of the molecule is CC1(C2CCN(C(=O)C(N)c3ccccc3)CC2)NC(=O)NC1=O. The van der Waals surface area contributed by atoms with Gasteiger partial charge in [0, 0.05) is 13.1 Å². The van der Waals surface area contributed by atoms with Crippen LogP contribution in [0.1, 0.15) is 31.4 Å². The van der Waals surface area contributed by atoms with Crippen LogP contribution in [0.25, 0.3) is 0 Å². The van der Waals surface area contributed by atoms with E-state index in [0.29, 0.717) is 25.9 Å². The monoisotopic (exact) mass is 330 g/mol. The van der Waals surface area contributed by atoms with Crippen molar-refractivity contribution in [3.8, 4) is 0 Å². The van der Waals surface area contributed by atoms with Gasteiger partial charge in [-0.05, 0) is 31.2 Å². The molecular formula is C17H22N4O3. The fourth-order valence-electron chi connectivity index (χ4n) is 3.52. The van der Waals surface area contributed by atoms with Gasteiger partial charge in [-0.1, -0.05) is 30.3 Å². The maximum absolute atomic E-state index is 12.6. The maximum atomic E-state index is 12.6. The number of rotatable bonds is 3. The van der Waals surface area contributed by atoms with Crippen LogP contribution in [0.15, 0.2) is 30.3 Å².